The zero-order valence-electron chi connectivity index (χ0n) is 13.8. The molecule has 1 atom stereocenters. The van der Waals surface area contributed by atoms with Gasteiger partial charge in [0, 0.05) is 18.3 Å². The third-order valence-electron chi connectivity index (χ3n) is 4.21. The van der Waals surface area contributed by atoms with E-state index in [0.717, 1.165) is 42.6 Å². The molecule has 24 heavy (non-hydrogen) atoms. The largest absolute Gasteiger partial charge is 0.333 e. The molecule has 8 nitrogen and oxygen atoms in total. The van der Waals surface area contributed by atoms with Crippen molar-refractivity contribution in [2.24, 2.45) is 0 Å². The molecule has 1 N–H and O–H groups in total. The summed E-state index contributed by atoms with van der Waals surface area (Å²) in [5.74, 6) is -0.224. The Hall–Kier alpha value is -2.00. The number of aryl methyl sites for hydroxylation is 1. The summed E-state index contributed by atoms with van der Waals surface area (Å²) in [5, 5.41) is 4.21. The second-order valence-corrected chi connectivity index (χ2v) is 7.95. The van der Waals surface area contributed by atoms with Gasteiger partial charge in [0.15, 0.2) is 5.65 Å². The molecule has 2 aromatic rings. The van der Waals surface area contributed by atoms with Crippen molar-refractivity contribution >= 4 is 21.6 Å². The summed E-state index contributed by atoms with van der Waals surface area (Å²) in [7, 11) is -3.39. The molecule has 1 aliphatic heterocycles. The number of aromatic nitrogens is 3. The average molecular weight is 351 g/mol. The lowest BCUT2D eigenvalue weighted by Gasteiger charge is -2.35. The van der Waals surface area contributed by atoms with E-state index in [1.165, 1.54) is 0 Å². The Morgan fingerprint density at radius 3 is 2.96 bits per heavy atom. The number of rotatable bonds is 4. The van der Waals surface area contributed by atoms with Gasteiger partial charge in [0.05, 0.1) is 30.7 Å². The minimum absolute atomic E-state index is 0.133. The third-order valence-corrected chi connectivity index (χ3v) is 4.88. The molecule has 1 aliphatic rings. The highest BCUT2D eigenvalue weighted by molar-refractivity contribution is 7.88. The molecule has 1 fully saturated rings. The van der Waals surface area contributed by atoms with Gasteiger partial charge in [-0.15, -0.1) is 0 Å². The molecule has 0 saturated carbocycles. The van der Waals surface area contributed by atoms with Crippen LogP contribution in [0, 0.1) is 6.92 Å². The lowest BCUT2D eigenvalue weighted by molar-refractivity contribution is -0.133. The number of carbonyl (C=O) groups excluding carboxylic acids is 1. The van der Waals surface area contributed by atoms with Crippen molar-refractivity contribution in [2.45, 2.75) is 32.2 Å². The van der Waals surface area contributed by atoms with Crippen molar-refractivity contribution in [1.82, 2.24) is 24.2 Å². The van der Waals surface area contributed by atoms with E-state index in [9.17, 15) is 13.2 Å². The van der Waals surface area contributed by atoms with Crippen molar-refractivity contribution in [3.8, 4) is 0 Å². The molecule has 9 heteroatoms. The summed E-state index contributed by atoms with van der Waals surface area (Å²) in [6.45, 7) is 2.34. The highest BCUT2D eigenvalue weighted by Crippen LogP contribution is 2.30. The number of nitrogens with zero attached hydrogens (tertiary/aromatic N) is 4. The maximum atomic E-state index is 12.5. The second kappa shape index (κ2) is 6.48. The monoisotopic (exact) mass is 351 g/mol. The van der Waals surface area contributed by atoms with Crippen LogP contribution in [0.1, 0.15) is 36.7 Å². The quantitative estimate of drug-likeness (QED) is 0.872. The highest BCUT2D eigenvalue weighted by Gasteiger charge is 2.29. The van der Waals surface area contributed by atoms with Crippen LogP contribution in [0.4, 0.5) is 0 Å². The number of amides is 1. The summed E-state index contributed by atoms with van der Waals surface area (Å²) in [5.41, 5.74) is 2.53. The van der Waals surface area contributed by atoms with Gasteiger partial charge in [0.1, 0.15) is 0 Å². The molecule has 0 aliphatic carbocycles. The number of hydrogen-bond donors (Lipinski definition) is 1. The Balaban J connectivity index is 1.86. The summed E-state index contributed by atoms with van der Waals surface area (Å²) >= 11 is 0. The van der Waals surface area contributed by atoms with Crippen LogP contribution in [-0.4, -0.2) is 53.2 Å². The SMILES string of the molecule is Cc1cc(C2CCCCN2C(=O)CNS(C)(=O)=O)nc2ccnn12. The van der Waals surface area contributed by atoms with Crippen LogP contribution in [0.15, 0.2) is 18.3 Å². The number of fused-ring (bicyclic) bond motifs is 1. The van der Waals surface area contributed by atoms with Gasteiger partial charge in [-0.05, 0) is 32.3 Å². The normalized spacial score (nSPS) is 18.9. The first kappa shape index (κ1) is 16.8. The van der Waals surface area contributed by atoms with Crippen LogP contribution in [0.2, 0.25) is 0 Å². The molecule has 0 radical (unpaired) electrons. The average Bonchev–Trinajstić information content (AvgIpc) is 3.01. The van der Waals surface area contributed by atoms with Crippen LogP contribution in [0.5, 0.6) is 0 Å². The molecule has 3 rings (SSSR count). The zero-order chi connectivity index (χ0) is 17.3. The van der Waals surface area contributed by atoms with Gasteiger partial charge >= 0.3 is 0 Å². The summed E-state index contributed by atoms with van der Waals surface area (Å²) < 4.78 is 26.5. The smallest absolute Gasteiger partial charge is 0.238 e. The van der Waals surface area contributed by atoms with E-state index < -0.39 is 10.0 Å². The van der Waals surface area contributed by atoms with E-state index in [2.05, 4.69) is 14.8 Å². The van der Waals surface area contributed by atoms with E-state index in [4.69, 9.17) is 0 Å². The van der Waals surface area contributed by atoms with Gasteiger partial charge in [-0.1, -0.05) is 0 Å². The Morgan fingerprint density at radius 2 is 2.21 bits per heavy atom. The standard InChI is InChI=1S/C15H21N5O3S/c1-11-9-12(18-14-6-7-16-20(11)14)13-5-3-4-8-19(13)15(21)10-17-24(2,22)23/h6-7,9,13,17H,3-5,8,10H2,1-2H3. The topological polar surface area (TPSA) is 96.7 Å². The molecule has 0 aromatic carbocycles. The molecule has 130 valence electrons. The fourth-order valence-electron chi connectivity index (χ4n) is 3.10. The molecule has 0 spiro atoms. The number of sulfonamides is 1. The Bertz CT molecular complexity index is 861. The van der Waals surface area contributed by atoms with Crippen molar-refractivity contribution < 1.29 is 13.2 Å². The first-order valence-electron chi connectivity index (χ1n) is 7.90. The van der Waals surface area contributed by atoms with E-state index in [-0.39, 0.29) is 18.5 Å². The van der Waals surface area contributed by atoms with Gasteiger partial charge in [-0.3, -0.25) is 4.79 Å². The van der Waals surface area contributed by atoms with E-state index in [1.54, 1.807) is 15.6 Å². The van der Waals surface area contributed by atoms with Crippen LogP contribution < -0.4 is 4.72 Å². The highest BCUT2D eigenvalue weighted by atomic mass is 32.2. The van der Waals surface area contributed by atoms with Crippen LogP contribution >= 0.6 is 0 Å². The first-order valence-corrected chi connectivity index (χ1v) is 9.80. The van der Waals surface area contributed by atoms with Gasteiger partial charge in [-0.25, -0.2) is 22.6 Å². The molecule has 0 bridgehead atoms. The molecule has 1 saturated heterocycles. The zero-order valence-corrected chi connectivity index (χ0v) is 14.6. The maximum Gasteiger partial charge on any atom is 0.238 e. The number of nitrogens with one attached hydrogen (secondary N) is 1. The Labute approximate surface area is 140 Å². The van der Waals surface area contributed by atoms with Gasteiger partial charge < -0.3 is 4.90 Å². The molecular weight excluding hydrogens is 330 g/mol. The van der Waals surface area contributed by atoms with Gasteiger partial charge in [-0.2, -0.15) is 5.10 Å². The number of piperidine rings is 1. The molecule has 2 aromatic heterocycles. The maximum absolute atomic E-state index is 12.5. The predicted molar refractivity (Wildman–Crippen MR) is 88.9 cm³/mol. The van der Waals surface area contributed by atoms with Crippen LogP contribution in [-0.2, 0) is 14.8 Å². The number of hydrogen-bond acceptors (Lipinski definition) is 5. The number of likely N-dealkylation sites (tertiary alicyclic amines) is 1. The van der Waals surface area contributed by atoms with Crippen molar-refractivity contribution in [3.05, 3.63) is 29.7 Å². The fourth-order valence-corrected chi connectivity index (χ4v) is 3.48. The third kappa shape index (κ3) is 3.57. The minimum Gasteiger partial charge on any atom is -0.333 e. The lowest BCUT2D eigenvalue weighted by Crippen LogP contribution is -2.44. The van der Waals surface area contributed by atoms with E-state index in [1.807, 2.05) is 19.1 Å². The second-order valence-electron chi connectivity index (χ2n) is 6.12. The summed E-state index contributed by atoms with van der Waals surface area (Å²) in [6.07, 6.45) is 5.49. The van der Waals surface area contributed by atoms with E-state index in [0.29, 0.717) is 6.54 Å². The van der Waals surface area contributed by atoms with Crippen LogP contribution in [0.3, 0.4) is 0 Å². The number of carbonyl (C=O) groups is 1. The van der Waals surface area contributed by atoms with E-state index >= 15 is 0 Å². The molecule has 1 unspecified atom stereocenters. The molecule has 3 heterocycles. The Morgan fingerprint density at radius 1 is 1.42 bits per heavy atom. The van der Waals surface area contributed by atoms with Gasteiger partial charge in [0.25, 0.3) is 0 Å². The predicted octanol–water partition coefficient (Wildman–Crippen LogP) is 0.641. The van der Waals surface area contributed by atoms with Crippen LogP contribution in [0.25, 0.3) is 5.65 Å². The minimum atomic E-state index is -3.39. The molecular formula is C15H21N5O3S. The van der Waals surface area contributed by atoms with Crippen molar-refractivity contribution in [2.75, 3.05) is 19.3 Å². The van der Waals surface area contributed by atoms with Gasteiger partial charge in [0.2, 0.25) is 15.9 Å². The van der Waals surface area contributed by atoms with Crippen molar-refractivity contribution in [3.63, 3.8) is 0 Å². The first-order chi connectivity index (χ1) is 11.3. The lowest BCUT2D eigenvalue weighted by atomic mass is 9.98. The Kier molecular flexibility index (Phi) is 4.55. The summed E-state index contributed by atoms with van der Waals surface area (Å²) in [6, 6.07) is 3.64. The molecule has 1 amide bonds. The summed E-state index contributed by atoms with van der Waals surface area (Å²) in [4.78, 5) is 18.8. The fraction of sp³-hybridized carbons (Fsp3) is 0.533. The van der Waals surface area contributed by atoms with Crippen molar-refractivity contribution in [1.29, 1.82) is 0 Å².